The van der Waals surface area contributed by atoms with Gasteiger partial charge in [-0.3, -0.25) is 18.6 Å². The quantitative estimate of drug-likeness (QED) is 0.642. The maximum absolute atomic E-state index is 13.5. The Balaban J connectivity index is 2.08. The Morgan fingerprint density at radius 2 is 1.81 bits per heavy atom. The summed E-state index contributed by atoms with van der Waals surface area (Å²) in [6.07, 6.45) is 3.29. The van der Waals surface area contributed by atoms with Crippen LogP contribution in [0.3, 0.4) is 0 Å². The fourth-order valence-electron chi connectivity index (χ4n) is 5.69. The molecule has 1 aliphatic carbocycles. The van der Waals surface area contributed by atoms with Crippen LogP contribution in [-0.2, 0) is 11.8 Å². The highest BCUT2D eigenvalue weighted by Gasteiger charge is 2.35. The molecule has 0 unspecified atom stereocenters. The highest BCUT2D eigenvalue weighted by atomic mass is 16.2. The summed E-state index contributed by atoms with van der Waals surface area (Å²) in [5.41, 5.74) is 1.97. The normalized spacial score (nSPS) is 22.3. The van der Waals surface area contributed by atoms with Crippen LogP contribution in [0.25, 0.3) is 16.9 Å². The van der Waals surface area contributed by atoms with Crippen LogP contribution < -0.4 is 11.2 Å². The minimum Gasteiger partial charge on any atom is -0.311 e. The van der Waals surface area contributed by atoms with Crippen LogP contribution in [0.1, 0.15) is 77.4 Å². The lowest BCUT2D eigenvalue weighted by molar-refractivity contribution is -0.119. The lowest BCUT2D eigenvalue weighted by atomic mass is 9.70. The molecule has 4 rings (SSSR count). The lowest BCUT2D eigenvalue weighted by Gasteiger charge is -2.40. The van der Waals surface area contributed by atoms with Crippen molar-refractivity contribution in [2.45, 2.75) is 79.8 Å². The summed E-state index contributed by atoms with van der Waals surface area (Å²) in [5, 5.41) is 0. The predicted octanol–water partition coefficient (Wildman–Crippen LogP) is 3.30. The first kappa shape index (κ1) is 21.6. The van der Waals surface area contributed by atoms with Crippen LogP contribution >= 0.6 is 0 Å². The number of nitrogens with zero attached hydrogens (tertiary/aromatic N) is 5. The number of carbonyl (C=O) groups is 1. The van der Waals surface area contributed by atoms with Crippen molar-refractivity contribution < 1.29 is 4.79 Å². The zero-order chi connectivity index (χ0) is 23.0. The van der Waals surface area contributed by atoms with Gasteiger partial charge in [0.25, 0.3) is 5.56 Å². The van der Waals surface area contributed by atoms with Gasteiger partial charge < -0.3 is 4.57 Å². The molecule has 0 aliphatic heterocycles. The molecule has 1 aliphatic rings. The van der Waals surface area contributed by atoms with E-state index in [0.717, 1.165) is 28.8 Å². The SMILES string of the molecule is CC(=O)[C@H](C)n1c(=O)c2c(nc3n([C@H]4C[C@H](C)CC(C)(C)C4)c(C)c(C)n23)n(C)c1=O. The average molecular weight is 428 g/mol. The van der Waals surface area contributed by atoms with Gasteiger partial charge in [0.05, 0.1) is 6.04 Å². The van der Waals surface area contributed by atoms with Gasteiger partial charge in [0.15, 0.2) is 16.9 Å². The van der Waals surface area contributed by atoms with Gasteiger partial charge in [-0.25, -0.2) is 9.36 Å². The first-order valence-corrected chi connectivity index (χ1v) is 11.1. The second kappa shape index (κ2) is 6.93. The highest BCUT2D eigenvalue weighted by molar-refractivity contribution is 5.81. The van der Waals surface area contributed by atoms with Gasteiger partial charge in [-0.15, -0.1) is 0 Å². The molecule has 3 aromatic rings. The van der Waals surface area contributed by atoms with Crippen molar-refractivity contribution in [1.82, 2.24) is 23.1 Å². The van der Waals surface area contributed by atoms with Crippen molar-refractivity contribution in [3.05, 3.63) is 32.2 Å². The molecule has 8 heteroatoms. The first-order chi connectivity index (χ1) is 14.4. The summed E-state index contributed by atoms with van der Waals surface area (Å²) in [4.78, 5) is 43.2. The van der Waals surface area contributed by atoms with Gasteiger partial charge in [-0.2, -0.15) is 4.98 Å². The smallest absolute Gasteiger partial charge is 0.311 e. The Bertz CT molecular complexity index is 1330. The van der Waals surface area contributed by atoms with Gasteiger partial charge >= 0.3 is 5.69 Å². The van der Waals surface area contributed by atoms with Crippen molar-refractivity contribution in [3.63, 3.8) is 0 Å². The van der Waals surface area contributed by atoms with Crippen LogP contribution in [-0.4, -0.2) is 28.9 Å². The van der Waals surface area contributed by atoms with Crippen LogP contribution in [0.15, 0.2) is 9.59 Å². The van der Waals surface area contributed by atoms with Crippen LogP contribution in [0.5, 0.6) is 0 Å². The fourth-order valence-corrected chi connectivity index (χ4v) is 5.69. The van der Waals surface area contributed by atoms with Crippen LogP contribution in [0, 0.1) is 25.2 Å². The largest absolute Gasteiger partial charge is 0.333 e. The molecule has 8 nitrogen and oxygen atoms in total. The zero-order valence-corrected chi connectivity index (χ0v) is 19.8. The van der Waals surface area contributed by atoms with Gasteiger partial charge in [-0.1, -0.05) is 20.8 Å². The minimum atomic E-state index is -0.829. The number of fused-ring (bicyclic) bond motifs is 3. The second-order valence-corrected chi connectivity index (χ2v) is 10.3. The topological polar surface area (TPSA) is 83.3 Å². The third kappa shape index (κ3) is 3.10. The molecule has 1 saturated carbocycles. The van der Waals surface area contributed by atoms with E-state index < -0.39 is 17.3 Å². The van der Waals surface area contributed by atoms with E-state index in [1.807, 2.05) is 11.3 Å². The summed E-state index contributed by atoms with van der Waals surface area (Å²) < 4.78 is 6.57. The van der Waals surface area contributed by atoms with E-state index in [9.17, 15) is 14.4 Å². The Kier molecular flexibility index (Phi) is 4.83. The van der Waals surface area contributed by atoms with Crippen molar-refractivity contribution in [2.75, 3.05) is 0 Å². The number of Topliss-reactive ketones (excluding diaryl/α,β-unsaturated/α-hetero) is 1. The third-order valence-corrected chi connectivity index (χ3v) is 7.21. The molecule has 3 aromatic heterocycles. The molecule has 168 valence electrons. The number of hydrogen-bond donors (Lipinski definition) is 0. The summed E-state index contributed by atoms with van der Waals surface area (Å²) in [6.45, 7) is 14.0. The van der Waals surface area contributed by atoms with Crippen molar-refractivity contribution >= 4 is 22.7 Å². The van der Waals surface area contributed by atoms with E-state index in [4.69, 9.17) is 4.98 Å². The maximum Gasteiger partial charge on any atom is 0.333 e. The number of aryl methyl sites for hydroxylation is 2. The van der Waals surface area contributed by atoms with Crippen LogP contribution in [0.2, 0.25) is 0 Å². The van der Waals surface area contributed by atoms with Crippen molar-refractivity contribution in [2.24, 2.45) is 18.4 Å². The van der Waals surface area contributed by atoms with E-state index in [1.54, 1.807) is 14.0 Å². The summed E-state index contributed by atoms with van der Waals surface area (Å²) >= 11 is 0. The summed E-state index contributed by atoms with van der Waals surface area (Å²) in [7, 11) is 1.61. The molecular weight excluding hydrogens is 394 g/mol. The monoisotopic (exact) mass is 427 g/mol. The Hall–Kier alpha value is -2.64. The van der Waals surface area contributed by atoms with Crippen LogP contribution in [0.4, 0.5) is 0 Å². The molecule has 0 spiro atoms. The molecular formula is C23H33N5O3. The number of carbonyl (C=O) groups excluding carboxylic acids is 1. The molecule has 0 bridgehead atoms. The predicted molar refractivity (Wildman–Crippen MR) is 121 cm³/mol. The standard InChI is InChI=1S/C23H33N5O3/c1-12-9-17(11-23(6,7)10-12)26-13(2)14(3)27-18-19(24-21(26)27)25(8)22(31)28(20(18)30)15(4)16(5)29/h12,15,17H,9-11H2,1-8H3/t12-,15-,17-/m0/s1. The lowest BCUT2D eigenvalue weighted by Crippen LogP contribution is -2.42. The van der Waals surface area contributed by atoms with Gasteiger partial charge in [-0.05, 0) is 58.3 Å². The minimum absolute atomic E-state index is 0.229. The number of rotatable bonds is 3. The molecule has 3 heterocycles. The molecule has 1 fully saturated rings. The van der Waals surface area contributed by atoms with E-state index >= 15 is 0 Å². The molecule has 0 radical (unpaired) electrons. The van der Waals surface area contributed by atoms with Gasteiger partial charge in [0.2, 0.25) is 5.78 Å². The van der Waals surface area contributed by atoms with Gasteiger partial charge in [0.1, 0.15) is 0 Å². The van der Waals surface area contributed by atoms with Crippen molar-refractivity contribution in [3.8, 4) is 0 Å². The number of aromatic nitrogens is 5. The molecule has 3 atom stereocenters. The number of imidazole rings is 2. The second-order valence-electron chi connectivity index (χ2n) is 10.3. The van der Waals surface area contributed by atoms with E-state index in [-0.39, 0.29) is 17.2 Å². The van der Waals surface area contributed by atoms with Crippen molar-refractivity contribution in [1.29, 1.82) is 0 Å². The Morgan fingerprint density at radius 3 is 2.39 bits per heavy atom. The molecule has 0 aromatic carbocycles. The molecule has 0 amide bonds. The number of ketones is 1. The average Bonchev–Trinajstić information content (AvgIpc) is 3.14. The zero-order valence-electron chi connectivity index (χ0n) is 19.8. The molecule has 31 heavy (non-hydrogen) atoms. The molecule has 0 saturated heterocycles. The summed E-state index contributed by atoms with van der Waals surface area (Å²) in [6, 6.07) is -0.549. The third-order valence-electron chi connectivity index (χ3n) is 7.21. The van der Waals surface area contributed by atoms with E-state index in [2.05, 4.69) is 32.3 Å². The number of hydrogen-bond acceptors (Lipinski definition) is 4. The van der Waals surface area contributed by atoms with Gasteiger partial charge in [0, 0.05) is 24.5 Å². The van der Waals surface area contributed by atoms with E-state index in [1.165, 1.54) is 17.9 Å². The first-order valence-electron chi connectivity index (χ1n) is 11.1. The fraction of sp³-hybridized carbons (Fsp3) is 0.652. The maximum atomic E-state index is 13.5. The summed E-state index contributed by atoms with van der Waals surface area (Å²) in [5.74, 6) is 1.06. The van der Waals surface area contributed by atoms with E-state index in [0.29, 0.717) is 22.9 Å². The Morgan fingerprint density at radius 1 is 1.16 bits per heavy atom. The highest BCUT2D eigenvalue weighted by Crippen LogP contribution is 2.45. The molecule has 0 N–H and O–H groups in total. The Labute approximate surface area is 181 Å².